The molecule has 2 heterocycles. The average molecular weight is 255 g/mol. The molecule has 0 saturated carbocycles. The molecule has 0 aromatic rings. The molecule has 0 bridgehead atoms. The molecule has 106 valence electrons. The van der Waals surface area contributed by atoms with Crippen molar-refractivity contribution in [1.29, 1.82) is 0 Å². The predicted octanol–water partition coefficient (Wildman–Crippen LogP) is 0.640. The van der Waals surface area contributed by atoms with E-state index in [4.69, 9.17) is 4.74 Å². The van der Waals surface area contributed by atoms with E-state index in [1.54, 1.807) is 0 Å². The molecule has 2 rings (SSSR count). The third-order valence-corrected chi connectivity index (χ3v) is 4.45. The molecule has 4 heteroatoms. The predicted molar refractivity (Wildman–Crippen MR) is 75.0 cm³/mol. The summed E-state index contributed by atoms with van der Waals surface area (Å²) in [4.78, 5) is 4.93. The minimum atomic E-state index is 0.511. The van der Waals surface area contributed by atoms with Crippen molar-refractivity contribution in [2.75, 3.05) is 66.1 Å². The topological polar surface area (TPSA) is 27.7 Å². The van der Waals surface area contributed by atoms with Crippen molar-refractivity contribution in [1.82, 2.24) is 15.1 Å². The normalized spacial score (nSPS) is 26.3. The lowest BCUT2D eigenvalue weighted by Gasteiger charge is -2.38. The Morgan fingerprint density at radius 1 is 1.11 bits per heavy atom. The summed E-state index contributed by atoms with van der Waals surface area (Å²) in [6, 6.07) is 0. The number of hydrogen-bond acceptors (Lipinski definition) is 4. The van der Waals surface area contributed by atoms with Gasteiger partial charge < -0.3 is 15.0 Å². The van der Waals surface area contributed by atoms with Crippen LogP contribution in [0.4, 0.5) is 0 Å². The first kappa shape index (κ1) is 14.3. The molecular weight excluding hydrogens is 226 g/mol. The largest absolute Gasteiger partial charge is 0.379 e. The molecular formula is C14H29N3O. The van der Waals surface area contributed by atoms with Crippen LogP contribution in [0.2, 0.25) is 0 Å². The molecule has 0 spiro atoms. The number of nitrogens with one attached hydrogen (secondary N) is 1. The van der Waals surface area contributed by atoms with Gasteiger partial charge in [-0.25, -0.2) is 0 Å². The molecule has 0 unspecified atom stereocenters. The van der Waals surface area contributed by atoms with Crippen LogP contribution in [0.5, 0.6) is 0 Å². The first-order valence-electron chi connectivity index (χ1n) is 7.37. The molecule has 0 amide bonds. The molecule has 0 atom stereocenters. The van der Waals surface area contributed by atoms with E-state index in [2.05, 4.69) is 29.1 Å². The number of ether oxygens (including phenoxy) is 1. The van der Waals surface area contributed by atoms with E-state index in [1.807, 2.05) is 0 Å². The Bertz CT molecular complexity index is 233. The van der Waals surface area contributed by atoms with E-state index in [9.17, 15) is 0 Å². The summed E-state index contributed by atoms with van der Waals surface area (Å²) in [6.07, 6.45) is 2.65. The fraction of sp³-hybridized carbons (Fsp3) is 1.00. The second kappa shape index (κ2) is 6.85. The van der Waals surface area contributed by atoms with Gasteiger partial charge in [0.25, 0.3) is 0 Å². The highest BCUT2D eigenvalue weighted by Crippen LogP contribution is 2.29. The summed E-state index contributed by atoms with van der Waals surface area (Å²) in [5.74, 6) is 0. The molecule has 18 heavy (non-hydrogen) atoms. The van der Waals surface area contributed by atoms with Gasteiger partial charge >= 0.3 is 0 Å². The second-order valence-electron chi connectivity index (χ2n) is 6.24. The smallest absolute Gasteiger partial charge is 0.0594 e. The SMILES string of the molecule is CN1CCC(C)(CNCCN2CCOCC2)CC1. The van der Waals surface area contributed by atoms with Gasteiger partial charge in [-0.15, -0.1) is 0 Å². The highest BCUT2D eigenvalue weighted by molar-refractivity contribution is 4.83. The van der Waals surface area contributed by atoms with Crippen LogP contribution < -0.4 is 5.32 Å². The molecule has 2 saturated heterocycles. The van der Waals surface area contributed by atoms with E-state index < -0.39 is 0 Å². The molecule has 4 nitrogen and oxygen atoms in total. The zero-order valence-corrected chi connectivity index (χ0v) is 12.1. The van der Waals surface area contributed by atoms with Crippen molar-refractivity contribution >= 4 is 0 Å². The zero-order chi connectivity index (χ0) is 12.8. The minimum absolute atomic E-state index is 0.511. The van der Waals surface area contributed by atoms with Crippen molar-refractivity contribution in [2.45, 2.75) is 19.8 Å². The van der Waals surface area contributed by atoms with Crippen molar-refractivity contribution in [3.8, 4) is 0 Å². The Labute approximate surface area is 112 Å². The number of hydrogen-bond donors (Lipinski definition) is 1. The van der Waals surface area contributed by atoms with Crippen molar-refractivity contribution in [3.63, 3.8) is 0 Å². The monoisotopic (exact) mass is 255 g/mol. The number of piperidine rings is 1. The van der Waals surface area contributed by atoms with Crippen LogP contribution in [0.1, 0.15) is 19.8 Å². The van der Waals surface area contributed by atoms with Crippen LogP contribution in [-0.2, 0) is 4.74 Å². The van der Waals surface area contributed by atoms with Gasteiger partial charge in [-0.3, -0.25) is 4.90 Å². The maximum Gasteiger partial charge on any atom is 0.0594 e. The van der Waals surface area contributed by atoms with Gasteiger partial charge in [-0.05, 0) is 38.4 Å². The van der Waals surface area contributed by atoms with E-state index in [1.165, 1.54) is 39.0 Å². The Morgan fingerprint density at radius 3 is 2.44 bits per heavy atom. The summed E-state index contributed by atoms with van der Waals surface area (Å²) in [6.45, 7) is 12.4. The lowest BCUT2D eigenvalue weighted by atomic mass is 9.80. The zero-order valence-electron chi connectivity index (χ0n) is 12.1. The Morgan fingerprint density at radius 2 is 1.78 bits per heavy atom. The molecule has 1 N–H and O–H groups in total. The van der Waals surface area contributed by atoms with Gasteiger partial charge in [0.2, 0.25) is 0 Å². The van der Waals surface area contributed by atoms with Crippen LogP contribution in [0.15, 0.2) is 0 Å². The van der Waals surface area contributed by atoms with Crippen LogP contribution in [0.3, 0.4) is 0 Å². The molecule has 0 radical (unpaired) electrons. The van der Waals surface area contributed by atoms with Gasteiger partial charge in [0.05, 0.1) is 13.2 Å². The van der Waals surface area contributed by atoms with Gasteiger partial charge in [0, 0.05) is 32.7 Å². The van der Waals surface area contributed by atoms with E-state index in [-0.39, 0.29) is 0 Å². The Balaban J connectivity index is 1.57. The van der Waals surface area contributed by atoms with Gasteiger partial charge in [-0.1, -0.05) is 6.92 Å². The minimum Gasteiger partial charge on any atom is -0.379 e. The summed E-state index contributed by atoms with van der Waals surface area (Å²) in [5.41, 5.74) is 0.511. The standard InChI is InChI=1S/C14H29N3O/c1-14(3-6-16(2)7-4-14)13-15-5-8-17-9-11-18-12-10-17/h15H,3-13H2,1-2H3. The lowest BCUT2D eigenvalue weighted by molar-refractivity contribution is 0.0378. The van der Waals surface area contributed by atoms with Gasteiger partial charge in [-0.2, -0.15) is 0 Å². The Kier molecular flexibility index (Phi) is 5.42. The summed E-state index contributed by atoms with van der Waals surface area (Å²) >= 11 is 0. The molecule has 0 aromatic heterocycles. The Hall–Kier alpha value is -0.160. The van der Waals surface area contributed by atoms with Crippen LogP contribution in [-0.4, -0.2) is 75.9 Å². The summed E-state index contributed by atoms with van der Waals surface area (Å²) in [5, 5.41) is 3.66. The maximum atomic E-state index is 5.36. The summed E-state index contributed by atoms with van der Waals surface area (Å²) < 4.78 is 5.36. The molecule has 2 aliphatic rings. The average Bonchev–Trinajstić information content (AvgIpc) is 2.40. The summed E-state index contributed by atoms with van der Waals surface area (Å²) in [7, 11) is 2.23. The third kappa shape index (κ3) is 4.50. The lowest BCUT2D eigenvalue weighted by Crippen LogP contribution is -2.45. The molecule has 0 aliphatic carbocycles. The third-order valence-electron chi connectivity index (χ3n) is 4.45. The van der Waals surface area contributed by atoms with Gasteiger partial charge in [0.15, 0.2) is 0 Å². The van der Waals surface area contributed by atoms with Gasteiger partial charge in [0.1, 0.15) is 0 Å². The number of nitrogens with zero attached hydrogens (tertiary/aromatic N) is 2. The second-order valence-corrected chi connectivity index (χ2v) is 6.24. The number of morpholine rings is 1. The van der Waals surface area contributed by atoms with E-state index in [0.29, 0.717) is 5.41 Å². The quantitative estimate of drug-likeness (QED) is 0.730. The van der Waals surface area contributed by atoms with Crippen molar-refractivity contribution < 1.29 is 4.74 Å². The van der Waals surface area contributed by atoms with Crippen LogP contribution in [0, 0.1) is 5.41 Å². The fourth-order valence-corrected chi connectivity index (χ4v) is 2.79. The number of likely N-dealkylation sites (tertiary alicyclic amines) is 1. The molecule has 0 aromatic carbocycles. The van der Waals surface area contributed by atoms with E-state index in [0.717, 1.165) is 32.8 Å². The highest BCUT2D eigenvalue weighted by atomic mass is 16.5. The number of rotatable bonds is 5. The molecule has 2 fully saturated rings. The van der Waals surface area contributed by atoms with Crippen LogP contribution in [0.25, 0.3) is 0 Å². The van der Waals surface area contributed by atoms with Crippen LogP contribution >= 0.6 is 0 Å². The first-order valence-corrected chi connectivity index (χ1v) is 7.37. The van der Waals surface area contributed by atoms with Crippen molar-refractivity contribution in [3.05, 3.63) is 0 Å². The maximum absolute atomic E-state index is 5.36. The van der Waals surface area contributed by atoms with Crippen molar-refractivity contribution in [2.24, 2.45) is 5.41 Å². The highest BCUT2D eigenvalue weighted by Gasteiger charge is 2.28. The molecule has 2 aliphatic heterocycles. The first-order chi connectivity index (χ1) is 8.68. The fourth-order valence-electron chi connectivity index (χ4n) is 2.79. The van der Waals surface area contributed by atoms with E-state index >= 15 is 0 Å².